The monoisotopic (exact) mass is 256 g/mol. The van der Waals surface area contributed by atoms with Crippen molar-refractivity contribution < 1.29 is 9.90 Å². The number of rotatable bonds is 4. The van der Waals surface area contributed by atoms with E-state index in [-0.39, 0.29) is 6.54 Å². The Morgan fingerprint density at radius 2 is 1.42 bits per heavy atom. The Kier molecular flexibility index (Phi) is 3.82. The number of benzene rings is 2. The first-order valence-electron chi connectivity index (χ1n) is 5.99. The number of urea groups is 1. The normalized spacial score (nSPS) is 11.0. The highest BCUT2D eigenvalue weighted by molar-refractivity contribution is 5.71. The molecule has 19 heavy (non-hydrogen) atoms. The summed E-state index contributed by atoms with van der Waals surface area (Å²) in [6.45, 7) is 0.0242. The van der Waals surface area contributed by atoms with Crippen LogP contribution < -0.4 is 11.1 Å². The number of amides is 2. The van der Waals surface area contributed by atoms with Crippen molar-refractivity contribution in [3.05, 3.63) is 71.8 Å². The average Bonchev–Trinajstić information content (AvgIpc) is 2.46. The molecule has 0 bridgehead atoms. The Morgan fingerprint density at radius 1 is 1.00 bits per heavy atom. The van der Waals surface area contributed by atoms with Gasteiger partial charge < -0.3 is 16.2 Å². The minimum absolute atomic E-state index is 0.0242. The van der Waals surface area contributed by atoms with Gasteiger partial charge in [0, 0.05) is 0 Å². The smallest absolute Gasteiger partial charge is 0.312 e. The van der Waals surface area contributed by atoms with Gasteiger partial charge in [0.25, 0.3) is 0 Å². The number of carbonyl (C=O) groups excluding carboxylic acids is 1. The molecule has 0 saturated carbocycles. The summed E-state index contributed by atoms with van der Waals surface area (Å²) in [4.78, 5) is 10.9. The van der Waals surface area contributed by atoms with Crippen LogP contribution >= 0.6 is 0 Å². The van der Waals surface area contributed by atoms with Gasteiger partial charge in [0.05, 0.1) is 6.54 Å². The van der Waals surface area contributed by atoms with E-state index in [1.54, 1.807) is 0 Å². The minimum atomic E-state index is -1.29. The maximum atomic E-state index is 10.9. The molecule has 0 spiro atoms. The van der Waals surface area contributed by atoms with Crippen LogP contribution in [0.2, 0.25) is 0 Å². The summed E-state index contributed by atoms with van der Waals surface area (Å²) in [6.07, 6.45) is 0. The zero-order valence-electron chi connectivity index (χ0n) is 10.4. The lowest BCUT2D eigenvalue weighted by molar-refractivity contribution is 0.0826. The topological polar surface area (TPSA) is 75.4 Å². The SMILES string of the molecule is NC(=O)NCC(O)(c1ccccc1)c1ccccc1. The van der Waals surface area contributed by atoms with Crippen molar-refractivity contribution in [1.29, 1.82) is 0 Å². The number of hydrogen-bond acceptors (Lipinski definition) is 2. The van der Waals surface area contributed by atoms with E-state index in [2.05, 4.69) is 5.32 Å². The summed E-state index contributed by atoms with van der Waals surface area (Å²) in [5, 5.41) is 13.4. The Balaban J connectivity index is 2.41. The van der Waals surface area contributed by atoms with Gasteiger partial charge in [-0.25, -0.2) is 4.79 Å². The second-order valence-corrected chi connectivity index (χ2v) is 4.31. The lowest BCUT2D eigenvalue weighted by Gasteiger charge is -2.29. The van der Waals surface area contributed by atoms with Crippen LogP contribution in [-0.2, 0) is 5.60 Å². The van der Waals surface area contributed by atoms with E-state index in [4.69, 9.17) is 5.73 Å². The van der Waals surface area contributed by atoms with Crippen molar-refractivity contribution >= 4 is 6.03 Å². The van der Waals surface area contributed by atoms with Gasteiger partial charge in [-0.3, -0.25) is 0 Å². The van der Waals surface area contributed by atoms with Crippen LogP contribution in [0.4, 0.5) is 4.79 Å². The fourth-order valence-corrected chi connectivity index (χ4v) is 2.01. The maximum absolute atomic E-state index is 10.9. The first kappa shape index (κ1) is 13.1. The summed E-state index contributed by atoms with van der Waals surface area (Å²) >= 11 is 0. The highest BCUT2D eigenvalue weighted by atomic mass is 16.3. The number of nitrogens with two attached hydrogens (primary N) is 1. The van der Waals surface area contributed by atoms with E-state index < -0.39 is 11.6 Å². The predicted molar refractivity (Wildman–Crippen MR) is 73.5 cm³/mol. The van der Waals surface area contributed by atoms with Gasteiger partial charge >= 0.3 is 6.03 Å². The van der Waals surface area contributed by atoms with Crippen molar-refractivity contribution in [1.82, 2.24) is 5.32 Å². The molecule has 0 heterocycles. The molecule has 4 N–H and O–H groups in total. The van der Waals surface area contributed by atoms with Gasteiger partial charge in [-0.2, -0.15) is 0 Å². The predicted octanol–water partition coefficient (Wildman–Crippen LogP) is 1.59. The van der Waals surface area contributed by atoms with Crippen LogP contribution in [-0.4, -0.2) is 17.7 Å². The zero-order chi connectivity index (χ0) is 13.7. The molecule has 0 fully saturated rings. The van der Waals surface area contributed by atoms with Gasteiger partial charge in [0.15, 0.2) is 0 Å². The fourth-order valence-electron chi connectivity index (χ4n) is 2.01. The molecule has 0 aliphatic carbocycles. The first-order valence-corrected chi connectivity index (χ1v) is 5.99. The molecule has 0 atom stereocenters. The van der Waals surface area contributed by atoms with Crippen LogP contribution in [0.5, 0.6) is 0 Å². The third kappa shape index (κ3) is 2.92. The van der Waals surface area contributed by atoms with Crippen LogP contribution in [0, 0.1) is 0 Å². The summed E-state index contributed by atoms with van der Waals surface area (Å²) < 4.78 is 0. The zero-order valence-corrected chi connectivity index (χ0v) is 10.4. The van der Waals surface area contributed by atoms with E-state index in [1.165, 1.54) is 0 Å². The van der Waals surface area contributed by atoms with E-state index in [9.17, 15) is 9.90 Å². The summed E-state index contributed by atoms with van der Waals surface area (Å²) in [5.74, 6) is 0. The summed E-state index contributed by atoms with van der Waals surface area (Å²) in [7, 11) is 0. The van der Waals surface area contributed by atoms with Crippen LogP contribution in [0.1, 0.15) is 11.1 Å². The minimum Gasteiger partial charge on any atom is -0.379 e. The number of hydrogen-bond donors (Lipinski definition) is 3. The molecule has 4 heteroatoms. The third-order valence-corrected chi connectivity index (χ3v) is 3.02. The summed E-state index contributed by atoms with van der Waals surface area (Å²) in [5.41, 5.74) is 5.21. The highest BCUT2D eigenvalue weighted by Crippen LogP contribution is 2.28. The molecule has 4 nitrogen and oxygen atoms in total. The van der Waals surface area contributed by atoms with Crippen molar-refractivity contribution in [2.45, 2.75) is 5.60 Å². The fraction of sp³-hybridized carbons (Fsp3) is 0.133. The number of nitrogens with one attached hydrogen (secondary N) is 1. The lowest BCUT2D eigenvalue weighted by Crippen LogP contribution is -2.43. The van der Waals surface area contributed by atoms with E-state index >= 15 is 0 Å². The van der Waals surface area contributed by atoms with Crippen LogP contribution in [0.3, 0.4) is 0 Å². The molecular weight excluding hydrogens is 240 g/mol. The molecule has 0 unspecified atom stereocenters. The lowest BCUT2D eigenvalue weighted by atomic mass is 9.86. The molecule has 0 aliphatic heterocycles. The van der Waals surface area contributed by atoms with Gasteiger partial charge in [-0.15, -0.1) is 0 Å². The molecule has 0 aliphatic rings. The number of aliphatic hydroxyl groups is 1. The maximum Gasteiger partial charge on any atom is 0.312 e. The molecule has 98 valence electrons. The molecule has 2 amide bonds. The quantitative estimate of drug-likeness (QED) is 0.777. The third-order valence-electron chi connectivity index (χ3n) is 3.02. The Hall–Kier alpha value is -2.33. The Morgan fingerprint density at radius 3 is 1.79 bits per heavy atom. The van der Waals surface area contributed by atoms with Crippen molar-refractivity contribution in [3.63, 3.8) is 0 Å². The summed E-state index contributed by atoms with van der Waals surface area (Å²) in [6, 6.07) is 17.7. The van der Waals surface area contributed by atoms with Crippen molar-refractivity contribution in [2.24, 2.45) is 5.73 Å². The van der Waals surface area contributed by atoms with E-state index in [1.807, 2.05) is 60.7 Å². The number of primary amides is 1. The second kappa shape index (κ2) is 5.54. The first-order chi connectivity index (χ1) is 9.13. The average molecular weight is 256 g/mol. The van der Waals surface area contributed by atoms with Crippen LogP contribution in [0.25, 0.3) is 0 Å². The molecule has 2 aromatic rings. The molecule has 2 aromatic carbocycles. The molecule has 0 aromatic heterocycles. The Bertz CT molecular complexity index is 501. The van der Waals surface area contributed by atoms with Gasteiger partial charge in [-0.05, 0) is 11.1 Å². The van der Waals surface area contributed by atoms with Gasteiger partial charge in [0.1, 0.15) is 5.60 Å². The van der Waals surface area contributed by atoms with E-state index in [0.29, 0.717) is 11.1 Å². The molecule has 0 saturated heterocycles. The van der Waals surface area contributed by atoms with Crippen molar-refractivity contribution in [2.75, 3.05) is 6.54 Å². The number of carbonyl (C=O) groups is 1. The molecular formula is C15H16N2O2. The van der Waals surface area contributed by atoms with Crippen LogP contribution in [0.15, 0.2) is 60.7 Å². The molecule has 0 radical (unpaired) electrons. The second-order valence-electron chi connectivity index (χ2n) is 4.31. The highest BCUT2D eigenvalue weighted by Gasteiger charge is 2.31. The van der Waals surface area contributed by atoms with E-state index in [0.717, 1.165) is 0 Å². The largest absolute Gasteiger partial charge is 0.379 e. The Labute approximate surface area is 111 Å². The van der Waals surface area contributed by atoms with Gasteiger partial charge in [0.2, 0.25) is 0 Å². The molecule has 2 rings (SSSR count). The van der Waals surface area contributed by atoms with Crippen molar-refractivity contribution in [3.8, 4) is 0 Å². The standard InChI is InChI=1S/C15H16N2O2/c16-14(18)17-11-15(19,12-7-3-1-4-8-12)13-9-5-2-6-10-13/h1-10,19H,11H2,(H3,16,17,18). The van der Waals surface area contributed by atoms with Gasteiger partial charge in [-0.1, -0.05) is 60.7 Å².